The third-order valence-electron chi connectivity index (χ3n) is 5.30. The summed E-state index contributed by atoms with van der Waals surface area (Å²) >= 11 is 0. The van der Waals surface area contributed by atoms with Gasteiger partial charge in [-0.25, -0.2) is 0 Å². The van der Waals surface area contributed by atoms with Crippen molar-refractivity contribution in [1.82, 2.24) is 10.2 Å². The van der Waals surface area contributed by atoms with Gasteiger partial charge in [-0.15, -0.1) is 0 Å². The average molecular weight is 266 g/mol. The molecule has 112 valence electrons. The van der Waals surface area contributed by atoms with Crippen molar-refractivity contribution >= 4 is 0 Å². The third kappa shape index (κ3) is 5.07. The first-order valence-electron chi connectivity index (χ1n) is 8.77. The fraction of sp³-hybridized carbons (Fsp3) is 1.00. The molecule has 2 heteroatoms. The van der Waals surface area contributed by atoms with E-state index in [0.29, 0.717) is 0 Å². The molecule has 1 heterocycles. The normalized spacial score (nSPS) is 33.5. The van der Waals surface area contributed by atoms with Crippen molar-refractivity contribution in [3.05, 3.63) is 0 Å². The monoisotopic (exact) mass is 266 g/mol. The van der Waals surface area contributed by atoms with Gasteiger partial charge in [0.1, 0.15) is 0 Å². The van der Waals surface area contributed by atoms with Gasteiger partial charge in [-0.3, -0.25) is 0 Å². The maximum absolute atomic E-state index is 3.88. The van der Waals surface area contributed by atoms with Gasteiger partial charge in [0.25, 0.3) is 0 Å². The molecule has 19 heavy (non-hydrogen) atoms. The van der Waals surface area contributed by atoms with Crippen LogP contribution in [0.15, 0.2) is 0 Å². The van der Waals surface area contributed by atoms with Crippen molar-refractivity contribution in [2.75, 3.05) is 26.2 Å². The number of rotatable bonds is 6. The van der Waals surface area contributed by atoms with Gasteiger partial charge in [-0.1, -0.05) is 39.5 Å². The molecule has 0 bridgehead atoms. The van der Waals surface area contributed by atoms with Crippen LogP contribution >= 0.6 is 0 Å². The molecule has 1 saturated carbocycles. The third-order valence-corrected chi connectivity index (χ3v) is 5.30. The molecule has 2 aliphatic rings. The van der Waals surface area contributed by atoms with E-state index in [1.54, 1.807) is 0 Å². The van der Waals surface area contributed by atoms with Gasteiger partial charge in [0, 0.05) is 12.6 Å². The van der Waals surface area contributed by atoms with Crippen LogP contribution in [-0.2, 0) is 0 Å². The van der Waals surface area contributed by atoms with E-state index in [1.165, 1.54) is 77.5 Å². The van der Waals surface area contributed by atoms with E-state index >= 15 is 0 Å². The number of hydrogen-bond donors (Lipinski definition) is 1. The maximum Gasteiger partial charge on any atom is 0.00672 e. The molecule has 1 N–H and O–H groups in total. The summed E-state index contributed by atoms with van der Waals surface area (Å²) in [5.41, 5.74) is 0. The summed E-state index contributed by atoms with van der Waals surface area (Å²) in [5.74, 6) is 1.94. The van der Waals surface area contributed by atoms with E-state index in [2.05, 4.69) is 24.1 Å². The SMILES string of the molecule is CCCC1CCCC(NCC2CCN(CC)C2)CC1. The summed E-state index contributed by atoms with van der Waals surface area (Å²) in [6.07, 6.45) is 11.5. The van der Waals surface area contributed by atoms with Crippen LogP contribution in [0.4, 0.5) is 0 Å². The first kappa shape index (κ1) is 15.3. The first-order valence-corrected chi connectivity index (χ1v) is 8.77. The predicted octanol–water partition coefficient (Wildman–Crippen LogP) is 3.67. The highest BCUT2D eigenvalue weighted by atomic mass is 15.1. The van der Waals surface area contributed by atoms with Crippen LogP contribution < -0.4 is 5.32 Å². The van der Waals surface area contributed by atoms with Crippen LogP contribution in [0, 0.1) is 11.8 Å². The van der Waals surface area contributed by atoms with E-state index in [-0.39, 0.29) is 0 Å². The topological polar surface area (TPSA) is 15.3 Å². The Bertz CT molecular complexity index is 241. The Morgan fingerprint density at radius 1 is 1.00 bits per heavy atom. The van der Waals surface area contributed by atoms with Crippen molar-refractivity contribution in [2.45, 2.75) is 71.3 Å². The van der Waals surface area contributed by atoms with Crippen LogP contribution in [-0.4, -0.2) is 37.1 Å². The molecule has 3 unspecified atom stereocenters. The van der Waals surface area contributed by atoms with Gasteiger partial charge in [0.2, 0.25) is 0 Å². The van der Waals surface area contributed by atoms with Gasteiger partial charge in [0.15, 0.2) is 0 Å². The van der Waals surface area contributed by atoms with Crippen LogP contribution in [0.1, 0.15) is 65.2 Å². The zero-order valence-corrected chi connectivity index (χ0v) is 13.2. The van der Waals surface area contributed by atoms with Crippen LogP contribution in [0.3, 0.4) is 0 Å². The van der Waals surface area contributed by atoms with Crippen LogP contribution in [0.2, 0.25) is 0 Å². The highest BCUT2D eigenvalue weighted by molar-refractivity contribution is 4.80. The van der Waals surface area contributed by atoms with Gasteiger partial charge in [0.05, 0.1) is 0 Å². The van der Waals surface area contributed by atoms with E-state index in [1.807, 2.05) is 0 Å². The van der Waals surface area contributed by atoms with Gasteiger partial charge >= 0.3 is 0 Å². The molecule has 2 rings (SSSR count). The van der Waals surface area contributed by atoms with Crippen molar-refractivity contribution in [1.29, 1.82) is 0 Å². The molecule has 0 spiro atoms. The average Bonchev–Trinajstić information content (AvgIpc) is 2.77. The molecular formula is C17H34N2. The van der Waals surface area contributed by atoms with Gasteiger partial charge < -0.3 is 10.2 Å². The zero-order valence-electron chi connectivity index (χ0n) is 13.2. The molecule has 0 radical (unpaired) electrons. The minimum absolute atomic E-state index is 0.817. The molecule has 0 aromatic rings. The lowest BCUT2D eigenvalue weighted by Crippen LogP contribution is -2.34. The fourth-order valence-electron chi connectivity index (χ4n) is 3.98. The molecule has 2 fully saturated rings. The molecular weight excluding hydrogens is 232 g/mol. The van der Waals surface area contributed by atoms with Crippen LogP contribution in [0.5, 0.6) is 0 Å². The minimum Gasteiger partial charge on any atom is -0.314 e. The second-order valence-corrected chi connectivity index (χ2v) is 6.82. The summed E-state index contributed by atoms with van der Waals surface area (Å²) < 4.78 is 0. The Morgan fingerprint density at radius 2 is 1.89 bits per heavy atom. The Labute approximate surface area is 120 Å². The molecule has 0 aromatic carbocycles. The summed E-state index contributed by atoms with van der Waals surface area (Å²) in [6.45, 7) is 9.77. The lowest BCUT2D eigenvalue weighted by atomic mass is 9.95. The molecule has 0 aromatic heterocycles. The smallest absolute Gasteiger partial charge is 0.00672 e. The Kier molecular flexibility index (Phi) is 6.66. The van der Waals surface area contributed by atoms with Gasteiger partial charge in [-0.05, 0) is 57.2 Å². The van der Waals surface area contributed by atoms with E-state index in [4.69, 9.17) is 0 Å². The standard InChI is InChI=1S/C17H34N2/c1-3-6-15-7-5-8-17(10-9-15)18-13-16-11-12-19(4-2)14-16/h15-18H,3-14H2,1-2H3. The predicted molar refractivity (Wildman–Crippen MR) is 83.5 cm³/mol. The minimum atomic E-state index is 0.817. The summed E-state index contributed by atoms with van der Waals surface area (Å²) in [4.78, 5) is 2.59. The van der Waals surface area contributed by atoms with E-state index in [9.17, 15) is 0 Å². The Balaban J connectivity index is 1.63. The van der Waals surface area contributed by atoms with E-state index < -0.39 is 0 Å². The quantitative estimate of drug-likeness (QED) is 0.738. The molecule has 0 amide bonds. The Hall–Kier alpha value is -0.0800. The molecule has 2 nitrogen and oxygen atoms in total. The molecule has 1 aliphatic carbocycles. The molecule has 1 aliphatic heterocycles. The van der Waals surface area contributed by atoms with Crippen molar-refractivity contribution in [3.63, 3.8) is 0 Å². The lowest BCUT2D eigenvalue weighted by Gasteiger charge is -2.20. The highest BCUT2D eigenvalue weighted by Crippen LogP contribution is 2.27. The fourth-order valence-corrected chi connectivity index (χ4v) is 3.98. The lowest BCUT2D eigenvalue weighted by molar-refractivity contribution is 0.331. The summed E-state index contributed by atoms with van der Waals surface area (Å²) in [6, 6.07) is 0.817. The number of nitrogens with one attached hydrogen (secondary N) is 1. The van der Waals surface area contributed by atoms with Crippen molar-refractivity contribution in [2.24, 2.45) is 11.8 Å². The largest absolute Gasteiger partial charge is 0.314 e. The number of hydrogen-bond acceptors (Lipinski definition) is 2. The van der Waals surface area contributed by atoms with Crippen molar-refractivity contribution in [3.8, 4) is 0 Å². The maximum atomic E-state index is 3.88. The van der Waals surface area contributed by atoms with Gasteiger partial charge in [-0.2, -0.15) is 0 Å². The van der Waals surface area contributed by atoms with Crippen LogP contribution in [0.25, 0.3) is 0 Å². The van der Waals surface area contributed by atoms with E-state index in [0.717, 1.165) is 17.9 Å². The second kappa shape index (κ2) is 8.26. The molecule has 1 saturated heterocycles. The zero-order chi connectivity index (χ0) is 13.5. The van der Waals surface area contributed by atoms with Crippen molar-refractivity contribution < 1.29 is 0 Å². The second-order valence-electron chi connectivity index (χ2n) is 6.82. The Morgan fingerprint density at radius 3 is 2.63 bits per heavy atom. The first-order chi connectivity index (χ1) is 9.31. The number of nitrogens with zero attached hydrogens (tertiary/aromatic N) is 1. The summed E-state index contributed by atoms with van der Waals surface area (Å²) in [5, 5.41) is 3.88. The number of likely N-dealkylation sites (tertiary alicyclic amines) is 1. The highest BCUT2D eigenvalue weighted by Gasteiger charge is 2.23. The molecule has 3 atom stereocenters. The summed E-state index contributed by atoms with van der Waals surface area (Å²) in [7, 11) is 0.